The molecule has 2 aromatic rings. The molecule has 0 fully saturated rings. The van der Waals surface area contributed by atoms with Gasteiger partial charge in [0.2, 0.25) is 0 Å². The second-order valence-corrected chi connectivity index (χ2v) is 6.95. The van der Waals surface area contributed by atoms with Gasteiger partial charge in [0, 0.05) is 13.6 Å². The Morgan fingerprint density at radius 3 is 2.13 bits per heavy atom. The van der Waals surface area contributed by atoms with Crippen LogP contribution in [-0.4, -0.2) is 58.4 Å². The number of carboxylic acid groups (broad SMARTS) is 1. The summed E-state index contributed by atoms with van der Waals surface area (Å²) in [5, 5.41) is 9.52. The second kappa shape index (κ2) is 9.21. The Labute approximate surface area is 173 Å². The van der Waals surface area contributed by atoms with E-state index in [1.807, 2.05) is 18.2 Å². The molecule has 1 N–H and O–H groups in total. The minimum atomic E-state index is -1.18. The lowest BCUT2D eigenvalue weighted by atomic mass is 10.1. The molecular weight excluding hydrogens is 388 g/mol. The van der Waals surface area contributed by atoms with Crippen LogP contribution in [0.3, 0.4) is 0 Å². The fourth-order valence-corrected chi connectivity index (χ4v) is 3.32. The lowest BCUT2D eigenvalue weighted by Crippen LogP contribution is -2.43. The van der Waals surface area contributed by atoms with Crippen LogP contribution < -0.4 is 0 Å². The highest BCUT2D eigenvalue weighted by molar-refractivity contribution is 6.21. The first kappa shape index (κ1) is 21.0. The minimum Gasteiger partial charge on any atom is -0.480 e. The highest BCUT2D eigenvalue weighted by Crippen LogP contribution is 2.23. The van der Waals surface area contributed by atoms with Crippen molar-refractivity contribution in [3.63, 3.8) is 0 Å². The number of likely N-dealkylation sites (N-methyl/N-ethyl adjacent to an activating group) is 1. The van der Waals surface area contributed by atoms with E-state index < -0.39 is 29.9 Å². The van der Waals surface area contributed by atoms with E-state index in [2.05, 4.69) is 0 Å². The van der Waals surface area contributed by atoms with Crippen LogP contribution in [0.1, 0.15) is 39.1 Å². The van der Waals surface area contributed by atoms with Gasteiger partial charge in [0.15, 0.2) is 0 Å². The van der Waals surface area contributed by atoms with Crippen LogP contribution in [-0.2, 0) is 16.1 Å². The topological polar surface area (TPSA) is 104 Å². The van der Waals surface area contributed by atoms with Crippen molar-refractivity contribution < 1.29 is 29.0 Å². The predicted octanol–water partition coefficient (Wildman–Crippen LogP) is 2.78. The maximum absolute atomic E-state index is 12.4. The molecule has 0 aromatic heterocycles. The van der Waals surface area contributed by atoms with Crippen LogP contribution in [0.5, 0.6) is 0 Å². The molecular formula is C22H22N2O6. The quantitative estimate of drug-likeness (QED) is 0.671. The molecule has 1 atom stereocenters. The minimum absolute atomic E-state index is 0.0331. The van der Waals surface area contributed by atoms with Crippen LogP contribution >= 0.6 is 0 Å². The smallest absolute Gasteiger partial charge is 0.410 e. The number of hydrogen-bond donors (Lipinski definition) is 1. The molecule has 0 unspecified atom stereocenters. The van der Waals surface area contributed by atoms with E-state index in [4.69, 9.17) is 4.74 Å². The number of carbonyl (C=O) groups excluding carboxylic acids is 3. The summed E-state index contributed by atoms with van der Waals surface area (Å²) in [6, 6.07) is 14.5. The zero-order valence-electron chi connectivity index (χ0n) is 16.5. The SMILES string of the molecule is CN(C(=O)OCc1ccccc1)[C@@H](CCCN1C(=O)c2ccccc2C1=O)C(=O)O. The molecule has 0 saturated heterocycles. The number of rotatable bonds is 8. The van der Waals surface area contributed by atoms with Gasteiger partial charge in [-0.3, -0.25) is 19.4 Å². The Morgan fingerprint density at radius 2 is 1.57 bits per heavy atom. The Balaban J connectivity index is 1.54. The summed E-state index contributed by atoms with van der Waals surface area (Å²) < 4.78 is 5.18. The molecule has 8 nitrogen and oxygen atoms in total. The first-order valence-corrected chi connectivity index (χ1v) is 9.51. The fraction of sp³-hybridized carbons (Fsp3) is 0.273. The number of amides is 3. The van der Waals surface area contributed by atoms with Crippen LogP contribution in [0.15, 0.2) is 54.6 Å². The first-order valence-electron chi connectivity index (χ1n) is 9.51. The molecule has 1 aliphatic heterocycles. The van der Waals surface area contributed by atoms with Gasteiger partial charge in [-0.1, -0.05) is 42.5 Å². The van der Waals surface area contributed by atoms with Gasteiger partial charge in [0.05, 0.1) is 11.1 Å². The van der Waals surface area contributed by atoms with E-state index in [1.165, 1.54) is 7.05 Å². The average Bonchev–Trinajstić information content (AvgIpc) is 3.00. The highest BCUT2D eigenvalue weighted by atomic mass is 16.6. The van der Waals surface area contributed by atoms with Crippen LogP contribution in [0.4, 0.5) is 4.79 Å². The van der Waals surface area contributed by atoms with E-state index in [0.717, 1.165) is 15.4 Å². The zero-order chi connectivity index (χ0) is 21.7. The largest absolute Gasteiger partial charge is 0.480 e. The Hall–Kier alpha value is -3.68. The van der Waals surface area contributed by atoms with Gasteiger partial charge in [-0.05, 0) is 30.5 Å². The van der Waals surface area contributed by atoms with Crippen molar-refractivity contribution in [1.82, 2.24) is 9.80 Å². The third-order valence-electron chi connectivity index (χ3n) is 4.98. The maximum atomic E-state index is 12.4. The summed E-state index contributed by atoms with van der Waals surface area (Å²) in [5.74, 6) is -1.97. The summed E-state index contributed by atoms with van der Waals surface area (Å²) in [6.45, 7) is 0.106. The molecule has 0 bridgehead atoms. The summed E-state index contributed by atoms with van der Waals surface area (Å²) in [4.78, 5) is 50.8. The van der Waals surface area contributed by atoms with E-state index in [9.17, 15) is 24.3 Å². The number of nitrogens with zero attached hydrogens (tertiary/aromatic N) is 2. The van der Waals surface area contributed by atoms with Gasteiger partial charge >= 0.3 is 12.1 Å². The van der Waals surface area contributed by atoms with Crippen LogP contribution in [0.25, 0.3) is 0 Å². The van der Waals surface area contributed by atoms with Gasteiger partial charge in [-0.25, -0.2) is 9.59 Å². The Kier molecular flexibility index (Phi) is 6.46. The van der Waals surface area contributed by atoms with E-state index >= 15 is 0 Å². The molecule has 0 aliphatic carbocycles. The van der Waals surface area contributed by atoms with E-state index in [0.29, 0.717) is 11.1 Å². The summed E-state index contributed by atoms with van der Waals surface area (Å²) >= 11 is 0. The molecule has 3 amide bonds. The number of benzene rings is 2. The number of aliphatic carboxylic acids is 1. The first-order chi connectivity index (χ1) is 14.4. The van der Waals surface area contributed by atoms with Gasteiger partial charge < -0.3 is 9.84 Å². The predicted molar refractivity (Wildman–Crippen MR) is 107 cm³/mol. The standard InChI is InChI=1S/C22H22N2O6/c1-23(22(29)30-14-15-8-3-2-4-9-15)18(21(27)28)12-7-13-24-19(25)16-10-5-6-11-17(16)20(24)26/h2-6,8-11,18H,7,12-14H2,1H3,(H,27,28)/t18-/m0/s1. The van der Waals surface area contributed by atoms with Crippen LogP contribution in [0.2, 0.25) is 0 Å². The van der Waals surface area contributed by atoms with Gasteiger partial charge in [0.25, 0.3) is 11.8 Å². The van der Waals surface area contributed by atoms with Crippen molar-refractivity contribution in [2.45, 2.75) is 25.5 Å². The molecule has 1 heterocycles. The van der Waals surface area contributed by atoms with E-state index in [-0.39, 0.29) is 26.0 Å². The third kappa shape index (κ3) is 4.48. The molecule has 2 aromatic carbocycles. The molecule has 0 spiro atoms. The van der Waals surface area contributed by atoms with Crippen molar-refractivity contribution in [3.05, 3.63) is 71.3 Å². The highest BCUT2D eigenvalue weighted by Gasteiger charge is 2.35. The summed E-state index contributed by atoms with van der Waals surface area (Å²) in [6.07, 6.45) is -0.453. The fourth-order valence-electron chi connectivity index (χ4n) is 3.32. The normalized spacial score (nSPS) is 13.7. The molecule has 0 saturated carbocycles. The lowest BCUT2D eigenvalue weighted by molar-refractivity contribution is -0.142. The number of fused-ring (bicyclic) bond motifs is 1. The zero-order valence-corrected chi connectivity index (χ0v) is 16.5. The Morgan fingerprint density at radius 1 is 1.00 bits per heavy atom. The lowest BCUT2D eigenvalue weighted by Gasteiger charge is -2.25. The van der Waals surface area contributed by atoms with Crippen LogP contribution in [0, 0.1) is 0 Å². The number of imide groups is 1. The third-order valence-corrected chi connectivity index (χ3v) is 4.98. The van der Waals surface area contributed by atoms with E-state index in [1.54, 1.807) is 36.4 Å². The monoisotopic (exact) mass is 410 g/mol. The van der Waals surface area contributed by atoms with Gasteiger partial charge in [-0.15, -0.1) is 0 Å². The summed E-state index contributed by atoms with van der Waals surface area (Å²) in [7, 11) is 1.36. The number of ether oxygens (including phenoxy) is 1. The van der Waals surface area contributed by atoms with Gasteiger partial charge in [0.1, 0.15) is 12.6 Å². The molecule has 156 valence electrons. The number of hydrogen-bond acceptors (Lipinski definition) is 5. The van der Waals surface area contributed by atoms with Crippen molar-refractivity contribution in [2.24, 2.45) is 0 Å². The Bertz CT molecular complexity index is 924. The molecule has 3 rings (SSSR count). The van der Waals surface area contributed by atoms with Crippen molar-refractivity contribution in [1.29, 1.82) is 0 Å². The molecule has 30 heavy (non-hydrogen) atoms. The maximum Gasteiger partial charge on any atom is 0.410 e. The molecule has 0 radical (unpaired) electrons. The van der Waals surface area contributed by atoms with Crippen molar-refractivity contribution in [3.8, 4) is 0 Å². The average molecular weight is 410 g/mol. The number of carboxylic acids is 1. The van der Waals surface area contributed by atoms with Crippen molar-refractivity contribution >= 4 is 23.9 Å². The number of carbonyl (C=O) groups is 4. The summed E-state index contributed by atoms with van der Waals surface area (Å²) in [5.41, 5.74) is 1.48. The molecule has 1 aliphatic rings. The molecule has 8 heteroatoms. The second-order valence-electron chi connectivity index (χ2n) is 6.95. The van der Waals surface area contributed by atoms with Gasteiger partial charge in [-0.2, -0.15) is 0 Å². The van der Waals surface area contributed by atoms with Crippen molar-refractivity contribution in [2.75, 3.05) is 13.6 Å².